The van der Waals surface area contributed by atoms with Gasteiger partial charge in [0.2, 0.25) is 0 Å². The molecule has 1 aromatic carbocycles. The SMILES string of the molecule is CCNc1c(C#N)cnc2c(C)ccc(F)c12. The van der Waals surface area contributed by atoms with E-state index >= 15 is 0 Å². The molecule has 4 heteroatoms. The minimum absolute atomic E-state index is 0.355. The number of pyridine rings is 1. The van der Waals surface area contributed by atoms with Crippen LogP contribution in [-0.4, -0.2) is 11.5 Å². The Kier molecular flexibility index (Phi) is 2.92. The van der Waals surface area contributed by atoms with Crippen molar-refractivity contribution < 1.29 is 4.39 Å². The van der Waals surface area contributed by atoms with Crippen molar-refractivity contribution >= 4 is 16.6 Å². The summed E-state index contributed by atoms with van der Waals surface area (Å²) in [5, 5.41) is 12.4. The number of hydrogen-bond donors (Lipinski definition) is 1. The Morgan fingerprint density at radius 2 is 2.24 bits per heavy atom. The van der Waals surface area contributed by atoms with Crippen LogP contribution in [-0.2, 0) is 0 Å². The van der Waals surface area contributed by atoms with E-state index in [1.54, 1.807) is 6.07 Å². The van der Waals surface area contributed by atoms with Gasteiger partial charge in [0.25, 0.3) is 0 Å². The summed E-state index contributed by atoms with van der Waals surface area (Å²) in [5.74, 6) is -0.355. The van der Waals surface area contributed by atoms with Crippen LogP contribution in [0.3, 0.4) is 0 Å². The van der Waals surface area contributed by atoms with Crippen LogP contribution >= 0.6 is 0 Å². The van der Waals surface area contributed by atoms with Gasteiger partial charge in [0.1, 0.15) is 11.9 Å². The molecule has 0 amide bonds. The highest BCUT2D eigenvalue weighted by molar-refractivity contribution is 5.96. The quantitative estimate of drug-likeness (QED) is 0.861. The van der Waals surface area contributed by atoms with Gasteiger partial charge in [-0.15, -0.1) is 0 Å². The Labute approximate surface area is 98.9 Å². The Morgan fingerprint density at radius 3 is 2.88 bits per heavy atom. The highest BCUT2D eigenvalue weighted by atomic mass is 19.1. The van der Waals surface area contributed by atoms with Gasteiger partial charge in [0, 0.05) is 12.7 Å². The van der Waals surface area contributed by atoms with E-state index in [2.05, 4.69) is 10.3 Å². The lowest BCUT2D eigenvalue weighted by Gasteiger charge is -2.11. The fourth-order valence-electron chi connectivity index (χ4n) is 1.85. The van der Waals surface area contributed by atoms with Crippen LogP contribution in [0.2, 0.25) is 0 Å². The van der Waals surface area contributed by atoms with Gasteiger partial charge in [-0.2, -0.15) is 5.26 Å². The highest BCUT2D eigenvalue weighted by Crippen LogP contribution is 2.29. The van der Waals surface area contributed by atoms with Gasteiger partial charge in [-0.05, 0) is 25.5 Å². The molecule has 0 fully saturated rings. The number of anilines is 1. The summed E-state index contributed by atoms with van der Waals surface area (Å²) in [5.41, 5.74) is 2.38. The molecule has 2 rings (SSSR count). The summed E-state index contributed by atoms with van der Waals surface area (Å²) in [7, 11) is 0. The lowest BCUT2D eigenvalue weighted by molar-refractivity contribution is 0.639. The van der Waals surface area contributed by atoms with Gasteiger partial charge in [-0.25, -0.2) is 4.39 Å². The van der Waals surface area contributed by atoms with Crippen molar-refractivity contribution in [2.75, 3.05) is 11.9 Å². The number of halogens is 1. The Hall–Kier alpha value is -2.15. The van der Waals surface area contributed by atoms with Crippen LogP contribution in [0, 0.1) is 24.1 Å². The molecular formula is C13H12FN3. The zero-order valence-electron chi connectivity index (χ0n) is 9.71. The fourth-order valence-corrected chi connectivity index (χ4v) is 1.85. The van der Waals surface area contributed by atoms with E-state index < -0.39 is 0 Å². The van der Waals surface area contributed by atoms with Gasteiger partial charge in [-0.1, -0.05) is 6.07 Å². The third-order valence-electron chi connectivity index (χ3n) is 2.64. The topological polar surface area (TPSA) is 48.7 Å². The van der Waals surface area contributed by atoms with E-state index in [1.807, 2.05) is 19.9 Å². The highest BCUT2D eigenvalue weighted by Gasteiger charge is 2.13. The molecule has 86 valence electrons. The van der Waals surface area contributed by atoms with Gasteiger partial charge >= 0.3 is 0 Å². The lowest BCUT2D eigenvalue weighted by Crippen LogP contribution is -2.03. The number of nitrogens with zero attached hydrogens (tertiary/aromatic N) is 2. The van der Waals surface area contributed by atoms with Crippen molar-refractivity contribution in [3.63, 3.8) is 0 Å². The molecule has 3 nitrogen and oxygen atoms in total. The maximum absolute atomic E-state index is 13.9. The van der Waals surface area contributed by atoms with Crippen molar-refractivity contribution in [3.8, 4) is 6.07 Å². The number of nitriles is 1. The van der Waals surface area contributed by atoms with E-state index in [-0.39, 0.29) is 5.82 Å². The van der Waals surface area contributed by atoms with Crippen molar-refractivity contribution in [2.45, 2.75) is 13.8 Å². The molecule has 0 atom stereocenters. The van der Waals surface area contributed by atoms with E-state index in [4.69, 9.17) is 5.26 Å². The lowest BCUT2D eigenvalue weighted by atomic mass is 10.1. The number of aryl methyl sites for hydroxylation is 1. The standard InChI is InChI=1S/C13H12FN3/c1-3-16-13-9(6-15)7-17-12-8(2)4-5-10(14)11(12)13/h4-5,7H,3H2,1-2H3,(H,16,17). The molecule has 0 spiro atoms. The third kappa shape index (κ3) is 1.80. The van der Waals surface area contributed by atoms with Crippen LogP contribution in [0.15, 0.2) is 18.3 Å². The second-order valence-electron chi connectivity index (χ2n) is 3.78. The molecule has 0 bridgehead atoms. The molecule has 1 aromatic heterocycles. The number of rotatable bonds is 2. The molecule has 0 aliphatic heterocycles. The molecule has 0 unspecified atom stereocenters. The zero-order chi connectivity index (χ0) is 12.4. The largest absolute Gasteiger partial charge is 0.384 e. The van der Waals surface area contributed by atoms with E-state index in [9.17, 15) is 4.39 Å². The average molecular weight is 229 g/mol. The summed E-state index contributed by atoms with van der Waals surface area (Å²) >= 11 is 0. The van der Waals surface area contributed by atoms with Crippen molar-refractivity contribution in [1.29, 1.82) is 5.26 Å². The van der Waals surface area contributed by atoms with Crippen LogP contribution in [0.1, 0.15) is 18.1 Å². The molecule has 0 aliphatic rings. The second-order valence-corrected chi connectivity index (χ2v) is 3.78. The molecule has 0 radical (unpaired) electrons. The summed E-state index contributed by atoms with van der Waals surface area (Å²) in [6.45, 7) is 4.40. The predicted octanol–water partition coefficient (Wildman–Crippen LogP) is 2.99. The fraction of sp³-hybridized carbons (Fsp3) is 0.231. The van der Waals surface area contributed by atoms with Crippen molar-refractivity contribution in [1.82, 2.24) is 4.98 Å². The minimum atomic E-state index is -0.355. The minimum Gasteiger partial charge on any atom is -0.384 e. The van der Waals surface area contributed by atoms with Crippen molar-refractivity contribution in [2.24, 2.45) is 0 Å². The molecule has 1 N–H and O–H groups in total. The van der Waals surface area contributed by atoms with Crippen LogP contribution in [0.4, 0.5) is 10.1 Å². The van der Waals surface area contributed by atoms with E-state index in [0.29, 0.717) is 28.7 Å². The summed E-state index contributed by atoms with van der Waals surface area (Å²) in [6, 6.07) is 5.12. The first-order valence-electron chi connectivity index (χ1n) is 5.40. The van der Waals surface area contributed by atoms with Crippen LogP contribution in [0.5, 0.6) is 0 Å². The Bertz CT molecular complexity index is 614. The van der Waals surface area contributed by atoms with Crippen LogP contribution < -0.4 is 5.32 Å². The molecule has 0 saturated heterocycles. The van der Waals surface area contributed by atoms with E-state index in [0.717, 1.165) is 5.56 Å². The second kappa shape index (κ2) is 4.38. The maximum Gasteiger partial charge on any atom is 0.134 e. The van der Waals surface area contributed by atoms with Gasteiger partial charge in [-0.3, -0.25) is 4.98 Å². The third-order valence-corrected chi connectivity index (χ3v) is 2.64. The predicted molar refractivity (Wildman–Crippen MR) is 65.3 cm³/mol. The van der Waals surface area contributed by atoms with Gasteiger partial charge in [0.05, 0.1) is 22.2 Å². The summed E-state index contributed by atoms with van der Waals surface area (Å²) in [6.07, 6.45) is 1.48. The first-order valence-corrected chi connectivity index (χ1v) is 5.40. The first kappa shape index (κ1) is 11.3. The van der Waals surface area contributed by atoms with Crippen LogP contribution in [0.25, 0.3) is 10.9 Å². The molecule has 0 aliphatic carbocycles. The average Bonchev–Trinajstić information content (AvgIpc) is 2.34. The number of hydrogen-bond acceptors (Lipinski definition) is 3. The smallest absolute Gasteiger partial charge is 0.134 e. The summed E-state index contributed by atoms with van der Waals surface area (Å²) < 4.78 is 13.9. The molecule has 0 saturated carbocycles. The monoisotopic (exact) mass is 229 g/mol. The molecule has 2 aromatic rings. The Balaban J connectivity index is 2.89. The maximum atomic E-state index is 13.9. The number of aromatic nitrogens is 1. The van der Waals surface area contributed by atoms with E-state index in [1.165, 1.54) is 12.3 Å². The number of nitrogens with one attached hydrogen (secondary N) is 1. The normalized spacial score (nSPS) is 10.2. The zero-order valence-corrected chi connectivity index (χ0v) is 9.71. The number of benzene rings is 1. The van der Waals surface area contributed by atoms with Crippen molar-refractivity contribution in [3.05, 3.63) is 35.3 Å². The molecule has 1 heterocycles. The molecular weight excluding hydrogens is 217 g/mol. The van der Waals surface area contributed by atoms with Gasteiger partial charge < -0.3 is 5.32 Å². The first-order chi connectivity index (χ1) is 8.19. The number of fused-ring (bicyclic) bond motifs is 1. The van der Waals surface area contributed by atoms with Gasteiger partial charge in [0.15, 0.2) is 0 Å². The molecule has 17 heavy (non-hydrogen) atoms. The Morgan fingerprint density at radius 1 is 1.47 bits per heavy atom. The summed E-state index contributed by atoms with van der Waals surface area (Å²) in [4.78, 5) is 4.15.